The van der Waals surface area contributed by atoms with Gasteiger partial charge in [-0.1, -0.05) is 6.42 Å². The first-order chi connectivity index (χ1) is 14.0. The Morgan fingerprint density at radius 3 is 2.66 bits per heavy atom. The highest BCUT2D eigenvalue weighted by atomic mass is 79.9. The molecule has 8 nitrogen and oxygen atoms in total. The van der Waals surface area contributed by atoms with Gasteiger partial charge in [-0.2, -0.15) is 9.97 Å². The molecule has 2 heterocycles. The van der Waals surface area contributed by atoms with Gasteiger partial charge in [-0.05, 0) is 59.6 Å². The highest BCUT2D eigenvalue weighted by Crippen LogP contribution is 2.30. The summed E-state index contributed by atoms with van der Waals surface area (Å²) in [5, 5.41) is 7.57. The van der Waals surface area contributed by atoms with Crippen LogP contribution in [0.5, 0.6) is 0 Å². The number of rotatable bonds is 9. The largest absolute Gasteiger partial charge is 0.369 e. The molecule has 3 aromatic rings. The number of nitrogens with one attached hydrogen (secondary N) is 3. The van der Waals surface area contributed by atoms with E-state index in [9.17, 15) is 4.79 Å². The van der Waals surface area contributed by atoms with Crippen LogP contribution in [0.15, 0.2) is 34.9 Å². The minimum atomic E-state index is -0.0148. The summed E-state index contributed by atoms with van der Waals surface area (Å²) in [7, 11) is 1.75. The molecule has 5 N–H and O–H groups in total. The van der Waals surface area contributed by atoms with Crippen LogP contribution in [-0.4, -0.2) is 41.0 Å². The van der Waals surface area contributed by atoms with Gasteiger partial charge in [-0.25, -0.2) is 0 Å². The highest BCUT2D eigenvalue weighted by molar-refractivity contribution is 9.10. The van der Waals surface area contributed by atoms with Crippen LogP contribution in [0.2, 0.25) is 0 Å². The van der Waals surface area contributed by atoms with Crippen LogP contribution >= 0.6 is 15.9 Å². The maximum atomic E-state index is 11.5. The summed E-state index contributed by atoms with van der Waals surface area (Å²) in [6, 6.07) is 7.55. The molecule has 9 heteroatoms. The second kappa shape index (κ2) is 9.71. The number of aromatic nitrogens is 3. The van der Waals surface area contributed by atoms with Gasteiger partial charge >= 0.3 is 0 Å². The van der Waals surface area contributed by atoms with Crippen LogP contribution in [0.1, 0.15) is 26.2 Å². The number of benzene rings is 1. The predicted octanol–water partition coefficient (Wildman–Crippen LogP) is 3.99. The molecular weight excluding hydrogens is 434 g/mol. The molecule has 0 aliphatic heterocycles. The fourth-order valence-corrected chi connectivity index (χ4v) is 3.40. The van der Waals surface area contributed by atoms with E-state index in [1.54, 1.807) is 11.9 Å². The van der Waals surface area contributed by atoms with Gasteiger partial charge in [-0.15, -0.1) is 0 Å². The maximum Gasteiger partial charge on any atom is 0.231 e. The number of amides is 1. The number of hydrogen-bond acceptors (Lipinski definition) is 6. The summed E-state index contributed by atoms with van der Waals surface area (Å²) in [5.41, 5.74) is 7.96. The molecule has 0 atom stereocenters. The average Bonchev–Trinajstić information content (AvgIpc) is 3.08. The second-order valence-corrected chi connectivity index (χ2v) is 7.64. The lowest BCUT2D eigenvalue weighted by Crippen LogP contribution is -2.22. The van der Waals surface area contributed by atoms with Crippen molar-refractivity contribution in [1.82, 2.24) is 15.0 Å². The van der Waals surface area contributed by atoms with Gasteiger partial charge in [0.2, 0.25) is 11.9 Å². The molecule has 2 aromatic heterocycles. The van der Waals surface area contributed by atoms with Crippen LogP contribution in [0.4, 0.5) is 23.1 Å². The zero-order valence-corrected chi connectivity index (χ0v) is 18.2. The van der Waals surface area contributed by atoms with E-state index in [4.69, 9.17) is 5.73 Å². The van der Waals surface area contributed by atoms with Crippen LogP contribution in [0, 0.1) is 0 Å². The SMILES string of the molecule is CC(=O)N(C)c1ccc(Nc2nc(NCCCCCN)c3c(Br)c[nH]c3n2)cc1. The van der Waals surface area contributed by atoms with Gasteiger partial charge in [0.25, 0.3) is 0 Å². The predicted molar refractivity (Wildman–Crippen MR) is 122 cm³/mol. The molecular formula is C20H26BrN7O. The standard InChI is InChI=1S/C20H26BrN7O/c1-13(29)28(2)15-8-6-14(7-9-15)25-20-26-18(23-11-5-3-4-10-22)17-16(21)12-24-19(17)27-20/h6-9,12H,3-5,10-11,22H2,1-2H3,(H3,23,24,25,26,27). The minimum absolute atomic E-state index is 0.0148. The number of fused-ring (bicyclic) bond motifs is 1. The number of nitrogens with two attached hydrogens (primary N) is 1. The number of hydrogen-bond donors (Lipinski definition) is 4. The quantitative estimate of drug-likeness (QED) is 0.360. The summed E-state index contributed by atoms with van der Waals surface area (Å²) >= 11 is 3.56. The minimum Gasteiger partial charge on any atom is -0.369 e. The smallest absolute Gasteiger partial charge is 0.231 e. The molecule has 29 heavy (non-hydrogen) atoms. The van der Waals surface area contributed by atoms with Gasteiger partial charge in [0, 0.05) is 42.6 Å². The van der Waals surface area contributed by atoms with Gasteiger partial charge in [0.1, 0.15) is 11.5 Å². The molecule has 0 bridgehead atoms. The van der Waals surface area contributed by atoms with E-state index < -0.39 is 0 Å². The summed E-state index contributed by atoms with van der Waals surface area (Å²) in [6.07, 6.45) is 4.99. The van der Waals surface area contributed by atoms with Gasteiger partial charge < -0.3 is 26.3 Å². The van der Waals surface area contributed by atoms with E-state index in [2.05, 4.69) is 41.5 Å². The Morgan fingerprint density at radius 2 is 1.97 bits per heavy atom. The zero-order valence-electron chi connectivity index (χ0n) is 16.6. The third kappa shape index (κ3) is 5.24. The second-order valence-electron chi connectivity index (χ2n) is 6.78. The lowest BCUT2D eigenvalue weighted by molar-refractivity contribution is -0.116. The monoisotopic (exact) mass is 459 g/mol. The third-order valence-electron chi connectivity index (χ3n) is 4.64. The first-order valence-electron chi connectivity index (χ1n) is 9.59. The summed E-state index contributed by atoms with van der Waals surface area (Å²) < 4.78 is 0.917. The van der Waals surface area contributed by atoms with E-state index in [0.29, 0.717) is 5.95 Å². The molecule has 0 unspecified atom stereocenters. The van der Waals surface area contributed by atoms with Crippen molar-refractivity contribution in [2.45, 2.75) is 26.2 Å². The number of anilines is 4. The Bertz CT molecular complexity index is 971. The maximum absolute atomic E-state index is 11.5. The molecule has 1 amide bonds. The Kier molecular flexibility index (Phi) is 7.05. The van der Waals surface area contributed by atoms with Gasteiger partial charge in [0.15, 0.2) is 0 Å². The molecule has 154 valence electrons. The number of carbonyl (C=O) groups excluding carboxylic acids is 1. The first kappa shape index (κ1) is 21.1. The Labute approximate surface area is 178 Å². The number of unbranched alkanes of at least 4 members (excludes halogenated alkanes) is 2. The summed E-state index contributed by atoms with van der Waals surface area (Å²) in [6.45, 7) is 3.07. The molecule has 0 saturated heterocycles. The third-order valence-corrected chi connectivity index (χ3v) is 5.27. The van der Waals surface area contributed by atoms with Crippen molar-refractivity contribution >= 4 is 56.0 Å². The molecule has 3 rings (SSSR count). The van der Waals surface area contributed by atoms with Crippen LogP contribution in [-0.2, 0) is 4.79 Å². The van der Waals surface area contributed by atoms with E-state index >= 15 is 0 Å². The van der Waals surface area contributed by atoms with E-state index in [1.165, 1.54) is 6.92 Å². The average molecular weight is 460 g/mol. The Hall–Kier alpha value is -2.65. The normalized spacial score (nSPS) is 10.9. The van der Waals surface area contributed by atoms with Crippen LogP contribution in [0.25, 0.3) is 11.0 Å². The lowest BCUT2D eigenvalue weighted by atomic mass is 10.2. The molecule has 0 radical (unpaired) electrons. The molecule has 0 spiro atoms. The number of halogens is 1. The fraction of sp³-hybridized carbons (Fsp3) is 0.350. The van der Waals surface area contributed by atoms with Crippen molar-refractivity contribution in [1.29, 1.82) is 0 Å². The molecule has 0 saturated carbocycles. The van der Waals surface area contributed by atoms with Gasteiger partial charge in [-0.3, -0.25) is 4.79 Å². The molecule has 1 aromatic carbocycles. The van der Waals surface area contributed by atoms with Crippen molar-refractivity contribution in [3.63, 3.8) is 0 Å². The number of nitrogens with zero attached hydrogens (tertiary/aromatic N) is 3. The number of carbonyl (C=O) groups is 1. The van der Waals surface area contributed by atoms with Crippen LogP contribution in [0.3, 0.4) is 0 Å². The van der Waals surface area contributed by atoms with Crippen molar-refractivity contribution in [3.05, 3.63) is 34.9 Å². The fourth-order valence-electron chi connectivity index (χ4n) is 2.91. The highest BCUT2D eigenvalue weighted by Gasteiger charge is 2.13. The Morgan fingerprint density at radius 1 is 1.21 bits per heavy atom. The van der Waals surface area contributed by atoms with Crippen LogP contribution < -0.4 is 21.3 Å². The molecule has 0 aliphatic rings. The van der Waals surface area contributed by atoms with E-state index in [1.807, 2.05) is 30.5 Å². The zero-order chi connectivity index (χ0) is 20.8. The van der Waals surface area contributed by atoms with Crippen molar-refractivity contribution < 1.29 is 4.79 Å². The van der Waals surface area contributed by atoms with Gasteiger partial charge in [0.05, 0.1) is 5.39 Å². The van der Waals surface area contributed by atoms with Crippen molar-refractivity contribution in [2.75, 3.05) is 35.7 Å². The Balaban J connectivity index is 1.78. The number of aromatic amines is 1. The first-order valence-corrected chi connectivity index (χ1v) is 10.4. The summed E-state index contributed by atoms with van der Waals surface area (Å²) in [4.78, 5) is 25.5. The summed E-state index contributed by atoms with van der Waals surface area (Å²) in [5.74, 6) is 1.24. The number of H-pyrrole nitrogens is 1. The van der Waals surface area contributed by atoms with Crippen molar-refractivity contribution in [2.24, 2.45) is 5.73 Å². The van der Waals surface area contributed by atoms with Crippen molar-refractivity contribution in [3.8, 4) is 0 Å². The molecule has 0 aliphatic carbocycles. The van der Waals surface area contributed by atoms with E-state index in [0.717, 1.165) is 65.1 Å². The topological polar surface area (TPSA) is 112 Å². The lowest BCUT2D eigenvalue weighted by Gasteiger charge is -2.15. The molecule has 0 fully saturated rings. The van der Waals surface area contributed by atoms with E-state index in [-0.39, 0.29) is 5.91 Å².